The minimum absolute atomic E-state index is 0.0975. The average Bonchev–Trinajstić information content (AvgIpc) is 3.18. The molecule has 0 spiro atoms. The van der Waals surface area contributed by atoms with E-state index in [1.807, 2.05) is 0 Å². The molecule has 4 aromatic carbocycles. The number of carbonyl (C=O) groups is 2. The molecule has 51 heavy (non-hydrogen) atoms. The molecular weight excluding hydrogens is 669 g/mol. The Bertz CT molecular complexity index is 1850. The van der Waals surface area contributed by atoms with Gasteiger partial charge in [-0.3, -0.25) is 9.59 Å². The first-order chi connectivity index (χ1) is 24.6. The van der Waals surface area contributed by atoms with Crippen molar-refractivity contribution in [1.82, 2.24) is 0 Å². The Morgan fingerprint density at radius 1 is 0.412 bits per heavy atom. The summed E-state index contributed by atoms with van der Waals surface area (Å²) in [4.78, 5) is 31.1. The van der Waals surface area contributed by atoms with Crippen molar-refractivity contribution in [3.8, 4) is 0 Å². The zero-order chi connectivity index (χ0) is 37.0. The number of rotatable bonds is 18. The molecule has 2 nitrogen and oxygen atoms in total. The molecule has 0 N–H and O–H groups in total. The van der Waals surface area contributed by atoms with Gasteiger partial charge in [0, 0.05) is 22.3 Å². The van der Waals surface area contributed by atoms with Gasteiger partial charge in [-0.05, 0) is 63.6 Å². The number of ketones is 2. The second-order valence-electron chi connectivity index (χ2n) is 16.1. The Hall–Kier alpha value is -2.61. The van der Waals surface area contributed by atoms with Gasteiger partial charge in [-0.2, -0.15) is 0 Å². The molecular formula is C46H66O2Si3. The predicted molar refractivity (Wildman–Crippen MR) is 232 cm³/mol. The normalized spacial score (nSPS) is 13.7. The zero-order valence-electron chi connectivity index (χ0n) is 33.6. The van der Waals surface area contributed by atoms with Crippen LogP contribution in [-0.4, -0.2) is 35.8 Å². The second-order valence-corrected chi connectivity index (χ2v) is 33.0. The van der Waals surface area contributed by atoms with Crippen LogP contribution in [-0.2, 0) is 19.3 Å². The minimum atomic E-state index is -1.49. The molecule has 5 heteroatoms. The van der Waals surface area contributed by atoms with Crippen LogP contribution in [0, 0.1) is 0 Å². The summed E-state index contributed by atoms with van der Waals surface area (Å²) in [5, 5.41) is 4.68. The number of aryl methyl sites for hydroxylation is 3. The summed E-state index contributed by atoms with van der Waals surface area (Å²) >= 11 is 0. The Labute approximate surface area is 313 Å². The largest absolute Gasteiger partial charge is 0.289 e. The third-order valence-electron chi connectivity index (χ3n) is 15.0. The van der Waals surface area contributed by atoms with Crippen LogP contribution >= 0.6 is 0 Å². The summed E-state index contributed by atoms with van der Waals surface area (Å²) in [6.45, 7) is 21.4. The molecule has 4 aromatic rings. The summed E-state index contributed by atoms with van der Waals surface area (Å²) in [5.41, 5.74) is 6.34. The fraction of sp³-hybridized carbons (Fsp3) is 0.522. The van der Waals surface area contributed by atoms with E-state index < -0.39 is 24.2 Å². The van der Waals surface area contributed by atoms with E-state index in [1.54, 1.807) is 0 Å². The first-order valence-electron chi connectivity index (χ1n) is 20.8. The third kappa shape index (κ3) is 7.21. The van der Waals surface area contributed by atoms with Gasteiger partial charge in [0.05, 0.1) is 24.2 Å². The topological polar surface area (TPSA) is 34.1 Å². The molecule has 274 valence electrons. The highest BCUT2D eigenvalue weighted by Crippen LogP contribution is 2.44. The van der Waals surface area contributed by atoms with Crippen molar-refractivity contribution < 1.29 is 9.59 Å². The Morgan fingerprint density at radius 2 is 0.745 bits per heavy atom. The number of hydrogen-bond donors (Lipinski definition) is 0. The van der Waals surface area contributed by atoms with E-state index >= 15 is 9.59 Å². The maximum Gasteiger partial charge on any atom is 0.195 e. The molecule has 1 aliphatic rings. The lowest BCUT2D eigenvalue weighted by Gasteiger charge is -2.33. The maximum absolute atomic E-state index is 15.6. The smallest absolute Gasteiger partial charge is 0.195 e. The molecule has 0 unspecified atom stereocenters. The molecule has 0 saturated heterocycles. The standard InChI is InChI=1S/C46H66O2Si3/c1-10-49(11-2,12-3)30-27-38-35-24-20-19-23-34(35)33-41-42(38)46(48)44-40(29-32-51(16-7,17-8)18-9)37-26-22-21-25-36(37)39(43(44)45(41)47)28-31-50(13-4,14-5)15-6/h19-26,33H,10-18,27-32H2,1-9H3. The van der Waals surface area contributed by atoms with Crippen molar-refractivity contribution in [1.29, 1.82) is 0 Å². The van der Waals surface area contributed by atoms with Crippen LogP contribution in [0.5, 0.6) is 0 Å². The lowest BCUT2D eigenvalue weighted by Crippen LogP contribution is -2.34. The summed E-state index contributed by atoms with van der Waals surface area (Å²) in [5.74, 6) is 0.223. The number of benzene rings is 4. The number of carbonyl (C=O) groups excluding carboxylic acids is 2. The predicted octanol–water partition coefficient (Wildman–Crippen LogP) is 13.9. The van der Waals surface area contributed by atoms with Crippen LogP contribution in [0.3, 0.4) is 0 Å². The molecule has 0 radical (unpaired) electrons. The van der Waals surface area contributed by atoms with Gasteiger partial charge in [0.15, 0.2) is 11.6 Å². The molecule has 0 aromatic heterocycles. The summed E-state index contributed by atoms with van der Waals surface area (Å²) in [6, 6.07) is 34.3. The van der Waals surface area contributed by atoms with E-state index in [2.05, 4.69) is 117 Å². The van der Waals surface area contributed by atoms with Crippen LogP contribution in [0.4, 0.5) is 0 Å². The monoisotopic (exact) mass is 734 g/mol. The third-order valence-corrected chi connectivity index (χ3v) is 32.4. The van der Waals surface area contributed by atoms with Gasteiger partial charge in [-0.15, -0.1) is 0 Å². The van der Waals surface area contributed by atoms with Gasteiger partial charge in [-0.25, -0.2) is 0 Å². The molecule has 0 fully saturated rings. The SMILES string of the molecule is CC[Si](CC)(CC)CCc1c2c(cc3ccccc13)C(=O)c1c(c(CC[Si](CC)(CC)CC)c3ccccc3c1CC[Si](CC)(CC)CC)C2=O. The summed E-state index contributed by atoms with van der Waals surface area (Å²) < 4.78 is 0. The van der Waals surface area contributed by atoms with E-state index in [0.29, 0.717) is 5.56 Å². The van der Waals surface area contributed by atoms with Gasteiger partial charge in [0.1, 0.15) is 0 Å². The second kappa shape index (κ2) is 16.6. The summed E-state index contributed by atoms with van der Waals surface area (Å²) in [6.07, 6.45) is 2.65. The van der Waals surface area contributed by atoms with Crippen LogP contribution in [0.15, 0.2) is 54.6 Å². The molecule has 1 aliphatic carbocycles. The molecule has 0 heterocycles. The Morgan fingerprint density at radius 3 is 1.14 bits per heavy atom. The highest BCUT2D eigenvalue weighted by atomic mass is 28.3. The minimum Gasteiger partial charge on any atom is -0.289 e. The number of hydrogen-bond acceptors (Lipinski definition) is 2. The molecule has 0 saturated carbocycles. The maximum atomic E-state index is 15.6. The van der Waals surface area contributed by atoms with Crippen LogP contribution < -0.4 is 0 Å². The van der Waals surface area contributed by atoms with Crippen molar-refractivity contribution in [2.45, 2.75) is 154 Å². The van der Waals surface area contributed by atoms with E-state index in [0.717, 1.165) is 69.5 Å². The van der Waals surface area contributed by atoms with Gasteiger partial charge < -0.3 is 0 Å². The zero-order valence-corrected chi connectivity index (χ0v) is 36.6. The van der Waals surface area contributed by atoms with Crippen molar-refractivity contribution in [2.75, 3.05) is 0 Å². The molecule has 0 atom stereocenters. The van der Waals surface area contributed by atoms with Crippen molar-refractivity contribution in [2.24, 2.45) is 0 Å². The Balaban J connectivity index is 1.82. The van der Waals surface area contributed by atoms with E-state index in [-0.39, 0.29) is 11.6 Å². The first-order valence-corrected chi connectivity index (χ1v) is 29.3. The quantitative estimate of drug-likeness (QED) is 0.0840. The first kappa shape index (κ1) is 39.6. The molecule has 5 rings (SSSR count). The lowest BCUT2D eigenvalue weighted by atomic mass is 9.74. The van der Waals surface area contributed by atoms with Gasteiger partial charge in [-0.1, -0.05) is 183 Å². The fourth-order valence-corrected chi connectivity index (χ4v) is 20.0. The van der Waals surface area contributed by atoms with E-state index in [9.17, 15) is 0 Å². The lowest BCUT2D eigenvalue weighted by molar-refractivity contribution is 0.0977. The van der Waals surface area contributed by atoms with Crippen molar-refractivity contribution in [3.05, 3.63) is 93.5 Å². The van der Waals surface area contributed by atoms with Crippen LogP contribution in [0.25, 0.3) is 21.5 Å². The molecule has 0 aliphatic heterocycles. The van der Waals surface area contributed by atoms with E-state index in [1.165, 1.54) is 77.3 Å². The van der Waals surface area contributed by atoms with Crippen LogP contribution in [0.1, 0.15) is 111 Å². The van der Waals surface area contributed by atoms with E-state index in [4.69, 9.17) is 0 Å². The molecule has 0 bridgehead atoms. The van der Waals surface area contributed by atoms with Gasteiger partial charge >= 0.3 is 0 Å². The highest BCUT2D eigenvalue weighted by Gasteiger charge is 2.39. The van der Waals surface area contributed by atoms with Crippen LogP contribution in [0.2, 0.25) is 72.5 Å². The molecule has 0 amide bonds. The number of fused-ring (bicyclic) bond motifs is 4. The highest BCUT2D eigenvalue weighted by molar-refractivity contribution is 6.80. The average molecular weight is 735 g/mol. The van der Waals surface area contributed by atoms with Gasteiger partial charge in [0.25, 0.3) is 0 Å². The van der Waals surface area contributed by atoms with Gasteiger partial charge in [0.2, 0.25) is 0 Å². The fourth-order valence-electron chi connectivity index (χ4n) is 9.99. The summed E-state index contributed by atoms with van der Waals surface area (Å²) in [7, 11) is -4.45. The van der Waals surface area contributed by atoms with Crippen molar-refractivity contribution in [3.63, 3.8) is 0 Å². The van der Waals surface area contributed by atoms with Crippen molar-refractivity contribution >= 4 is 57.3 Å². The Kier molecular flexibility index (Phi) is 12.9.